The van der Waals surface area contributed by atoms with Crippen molar-refractivity contribution >= 4 is 39.6 Å². The number of methoxy groups -OCH3 is 1. The van der Waals surface area contributed by atoms with E-state index < -0.39 is 12.8 Å². The largest absolute Gasteiger partial charge is 0.481 e. The lowest BCUT2D eigenvalue weighted by molar-refractivity contribution is -0.153. The third-order valence-corrected chi connectivity index (χ3v) is 10.9. The zero-order chi connectivity index (χ0) is 37.3. The van der Waals surface area contributed by atoms with E-state index in [1.54, 1.807) is 19.4 Å². The lowest BCUT2D eigenvalue weighted by Crippen LogP contribution is -2.61. The molecule has 282 valence electrons. The van der Waals surface area contributed by atoms with E-state index in [4.69, 9.17) is 24.2 Å². The van der Waals surface area contributed by atoms with Gasteiger partial charge in [0.05, 0.1) is 11.7 Å². The molecule has 0 radical (unpaired) electrons. The number of likely N-dealkylation sites (tertiary alicyclic amines) is 2. The van der Waals surface area contributed by atoms with E-state index in [-0.39, 0.29) is 34.7 Å². The van der Waals surface area contributed by atoms with Crippen molar-refractivity contribution in [1.82, 2.24) is 30.0 Å². The highest BCUT2D eigenvalue weighted by Crippen LogP contribution is 2.48. The van der Waals surface area contributed by atoms with Crippen LogP contribution in [-0.2, 0) is 9.53 Å². The number of aromatic nitrogens is 4. The van der Waals surface area contributed by atoms with Crippen molar-refractivity contribution in [3.8, 4) is 22.9 Å². The Morgan fingerprint density at radius 2 is 1.83 bits per heavy atom. The summed E-state index contributed by atoms with van der Waals surface area (Å²) < 4.78 is 59.5. The Kier molecular flexibility index (Phi) is 10.4. The summed E-state index contributed by atoms with van der Waals surface area (Å²) in [6, 6.07) is 5.78. The Morgan fingerprint density at radius 3 is 2.51 bits per heavy atom. The minimum absolute atomic E-state index is 0.00971. The number of piperidine rings is 2. The van der Waals surface area contributed by atoms with E-state index in [1.165, 1.54) is 6.08 Å². The third kappa shape index (κ3) is 7.56. The highest BCUT2D eigenvalue weighted by Gasteiger charge is 2.46. The Balaban J connectivity index is 1.32. The topological polar surface area (TPSA) is 109 Å². The number of aromatic amines is 1. The number of carbonyl (C=O) groups excluding carboxylic acids is 1. The lowest BCUT2D eigenvalue weighted by atomic mass is 9.72. The fourth-order valence-electron chi connectivity index (χ4n) is 8.08. The van der Waals surface area contributed by atoms with Crippen LogP contribution in [0.4, 0.5) is 19.0 Å². The van der Waals surface area contributed by atoms with Gasteiger partial charge in [-0.3, -0.25) is 9.89 Å². The Labute approximate surface area is 306 Å². The van der Waals surface area contributed by atoms with Crippen LogP contribution in [0.1, 0.15) is 43.2 Å². The van der Waals surface area contributed by atoms with E-state index in [2.05, 4.69) is 33.2 Å². The number of anilines is 1. The molecular formula is C39H46F3N7O4. The molecule has 3 aliphatic heterocycles. The second kappa shape index (κ2) is 15.0. The van der Waals surface area contributed by atoms with Crippen molar-refractivity contribution in [3.05, 3.63) is 54.8 Å². The number of hydrogen-bond acceptors (Lipinski definition) is 9. The molecule has 1 spiro atoms. The van der Waals surface area contributed by atoms with Gasteiger partial charge in [-0.05, 0) is 73.9 Å². The van der Waals surface area contributed by atoms with Crippen molar-refractivity contribution in [2.75, 3.05) is 71.0 Å². The molecule has 7 rings (SSSR count). The predicted molar refractivity (Wildman–Crippen MR) is 198 cm³/mol. The van der Waals surface area contributed by atoms with Gasteiger partial charge in [0.25, 0.3) is 0 Å². The molecule has 14 heteroatoms. The van der Waals surface area contributed by atoms with Crippen LogP contribution in [0.15, 0.2) is 43.6 Å². The molecule has 11 nitrogen and oxygen atoms in total. The van der Waals surface area contributed by atoms with Crippen LogP contribution in [0.5, 0.6) is 11.8 Å². The van der Waals surface area contributed by atoms with Crippen LogP contribution in [0, 0.1) is 12.3 Å². The van der Waals surface area contributed by atoms with Gasteiger partial charge in [-0.15, -0.1) is 0 Å². The summed E-state index contributed by atoms with van der Waals surface area (Å²) in [5.41, 5.74) is 3.50. The first kappa shape index (κ1) is 36.7. The molecule has 4 aromatic rings. The molecule has 3 fully saturated rings. The number of rotatable bonds is 12. The Morgan fingerprint density at radius 1 is 1.08 bits per heavy atom. The van der Waals surface area contributed by atoms with E-state index in [1.807, 2.05) is 30.0 Å². The van der Waals surface area contributed by atoms with Crippen LogP contribution >= 0.6 is 0 Å². The third-order valence-electron chi connectivity index (χ3n) is 10.9. The number of hydrogen-bond donors (Lipinski definition) is 1. The molecule has 2 aromatic heterocycles. The van der Waals surface area contributed by atoms with Crippen molar-refractivity contribution in [1.29, 1.82) is 0 Å². The number of amides is 1. The second-order valence-corrected chi connectivity index (χ2v) is 14.5. The number of nitrogens with one attached hydrogen (secondary N) is 1. The molecule has 53 heavy (non-hydrogen) atoms. The zero-order valence-electron chi connectivity index (χ0n) is 30.3. The summed E-state index contributed by atoms with van der Waals surface area (Å²) in [5.74, 6) is 0.488. The van der Waals surface area contributed by atoms with Gasteiger partial charge < -0.3 is 28.9 Å². The van der Waals surface area contributed by atoms with Gasteiger partial charge in [-0.1, -0.05) is 25.3 Å². The van der Waals surface area contributed by atoms with E-state index in [0.717, 1.165) is 68.2 Å². The van der Waals surface area contributed by atoms with E-state index >= 15 is 0 Å². The van der Waals surface area contributed by atoms with E-state index in [0.29, 0.717) is 60.7 Å². The average Bonchev–Trinajstić information content (AvgIpc) is 3.62. The average molecular weight is 734 g/mol. The Bertz CT molecular complexity index is 1990. The molecule has 1 amide bonds. The summed E-state index contributed by atoms with van der Waals surface area (Å²) >= 11 is 0. The normalized spacial score (nSPS) is 18.1. The van der Waals surface area contributed by atoms with Crippen LogP contribution < -0.4 is 14.4 Å². The Hall–Kier alpha value is -4.69. The molecule has 1 N–H and O–H groups in total. The van der Waals surface area contributed by atoms with Gasteiger partial charge in [0, 0.05) is 81.3 Å². The molecular weight excluding hydrogens is 687 g/mol. The quantitative estimate of drug-likeness (QED) is 0.128. The first-order chi connectivity index (χ1) is 25.5. The number of benzene rings is 2. The maximum Gasteiger partial charge on any atom is 0.422 e. The van der Waals surface area contributed by atoms with Crippen LogP contribution in [0.25, 0.3) is 39.0 Å². The van der Waals surface area contributed by atoms with Gasteiger partial charge in [0.2, 0.25) is 5.91 Å². The molecule has 0 unspecified atom stereocenters. The smallest absolute Gasteiger partial charge is 0.422 e. The minimum Gasteiger partial charge on any atom is -0.481 e. The first-order valence-corrected chi connectivity index (χ1v) is 18.2. The highest BCUT2D eigenvalue weighted by molar-refractivity contribution is 6.07. The highest BCUT2D eigenvalue weighted by atomic mass is 19.4. The molecule has 0 atom stereocenters. The summed E-state index contributed by atoms with van der Waals surface area (Å²) in [4.78, 5) is 28.4. The standard InChI is InChI=1S/C39H46F3N7O4/c1-5-26-20-28-34(35(52-24-39(40,41)42)33(26)32-25(3)8-9-30-29(32)21-43-46-30)44-37(53-27-10-15-47(16-11-27)14-7-19-51-4)45-36(28)48-17-12-38(13-18-48)22-49(23-38)31(50)6-2/h5-6,8-9,20-21,27H,1-2,7,10-19,22-24H2,3-4H3,(H,43,46). The van der Waals surface area contributed by atoms with Crippen molar-refractivity contribution in [3.63, 3.8) is 0 Å². The van der Waals surface area contributed by atoms with E-state index in [9.17, 15) is 18.0 Å². The number of fused-ring (bicyclic) bond motifs is 2. The first-order valence-electron chi connectivity index (χ1n) is 18.2. The molecule has 0 bridgehead atoms. The summed E-state index contributed by atoms with van der Waals surface area (Å²) in [6.45, 7) is 14.0. The number of carbonyl (C=O) groups is 1. The maximum atomic E-state index is 14.0. The molecule has 0 aliphatic carbocycles. The number of ether oxygens (including phenoxy) is 3. The van der Waals surface area contributed by atoms with Gasteiger partial charge in [0.15, 0.2) is 12.4 Å². The fourth-order valence-corrected chi connectivity index (χ4v) is 8.08. The zero-order valence-corrected chi connectivity index (χ0v) is 30.3. The maximum absolute atomic E-state index is 14.0. The van der Waals surface area contributed by atoms with Crippen molar-refractivity contribution in [2.45, 2.75) is 51.3 Å². The molecule has 5 heterocycles. The lowest BCUT2D eigenvalue weighted by Gasteiger charge is -2.54. The predicted octanol–water partition coefficient (Wildman–Crippen LogP) is 6.56. The summed E-state index contributed by atoms with van der Waals surface area (Å²) in [5, 5.41) is 8.48. The second-order valence-electron chi connectivity index (χ2n) is 14.5. The summed E-state index contributed by atoms with van der Waals surface area (Å²) in [6.07, 6.45) is 3.98. The SMILES string of the molecule is C=CC(=O)N1CC2(CCN(c3nc(OC4CCN(CCCOC)CC4)nc4c(OCC(F)(F)F)c(-c5c(C)ccc6[nH]ncc56)c(C=C)cc34)CC2)C1. The molecule has 2 aromatic carbocycles. The minimum atomic E-state index is -4.61. The number of alkyl halides is 3. The van der Waals surface area contributed by atoms with Crippen LogP contribution in [0.2, 0.25) is 0 Å². The van der Waals surface area contributed by atoms with Gasteiger partial charge >= 0.3 is 12.2 Å². The van der Waals surface area contributed by atoms with Crippen molar-refractivity contribution < 1.29 is 32.2 Å². The van der Waals surface area contributed by atoms with Gasteiger partial charge in [0.1, 0.15) is 17.4 Å². The molecule has 3 saturated heterocycles. The monoisotopic (exact) mass is 733 g/mol. The number of aryl methyl sites for hydroxylation is 1. The van der Waals surface area contributed by atoms with Gasteiger partial charge in [-0.2, -0.15) is 28.2 Å². The summed E-state index contributed by atoms with van der Waals surface area (Å²) in [7, 11) is 1.70. The van der Waals surface area contributed by atoms with Crippen molar-refractivity contribution in [2.24, 2.45) is 5.41 Å². The molecule has 0 saturated carbocycles. The fraction of sp³-hybridized carbons (Fsp3) is 0.487. The number of H-pyrrole nitrogens is 1. The van der Waals surface area contributed by atoms with Crippen LogP contribution in [-0.4, -0.2) is 114 Å². The van der Waals surface area contributed by atoms with Gasteiger partial charge in [-0.25, -0.2) is 0 Å². The number of halogens is 3. The molecule has 3 aliphatic rings. The number of nitrogens with zero attached hydrogens (tertiary/aromatic N) is 6. The van der Waals surface area contributed by atoms with Crippen LogP contribution in [0.3, 0.4) is 0 Å².